The Morgan fingerprint density at radius 2 is 2.15 bits per heavy atom. The summed E-state index contributed by atoms with van der Waals surface area (Å²) in [6.07, 6.45) is 6.09. The topological polar surface area (TPSA) is 54.4 Å². The van der Waals surface area contributed by atoms with Crippen molar-refractivity contribution in [3.63, 3.8) is 0 Å². The maximum Gasteiger partial charge on any atom is 0.169 e. The van der Waals surface area contributed by atoms with Gasteiger partial charge in [0.1, 0.15) is 0 Å². The number of aliphatic hydroxyl groups is 1. The second kappa shape index (κ2) is 6.44. The van der Waals surface area contributed by atoms with Crippen LogP contribution in [0.25, 0.3) is 0 Å². The Morgan fingerprint density at radius 1 is 1.45 bits per heavy atom. The van der Waals surface area contributed by atoms with E-state index < -0.39 is 0 Å². The van der Waals surface area contributed by atoms with Crippen molar-refractivity contribution < 1.29 is 9.84 Å². The molecule has 1 heterocycles. The number of aliphatic hydroxyl groups excluding tert-OH is 1. The molecule has 112 valence electrons. The SMILES string of the molecule is CC1CCC(CO)(Nc2ncccc2OC(C)C)CC1. The summed E-state index contributed by atoms with van der Waals surface area (Å²) in [7, 11) is 0. The Balaban J connectivity index is 2.15. The lowest BCUT2D eigenvalue weighted by Gasteiger charge is -2.39. The van der Waals surface area contributed by atoms with Gasteiger partial charge in [-0.25, -0.2) is 4.98 Å². The predicted molar refractivity (Wildman–Crippen MR) is 81.1 cm³/mol. The number of ether oxygens (including phenoxy) is 1. The lowest BCUT2D eigenvalue weighted by atomic mass is 9.77. The smallest absolute Gasteiger partial charge is 0.169 e. The monoisotopic (exact) mass is 278 g/mol. The zero-order valence-electron chi connectivity index (χ0n) is 12.7. The van der Waals surface area contributed by atoms with Crippen molar-refractivity contribution in [3.05, 3.63) is 18.3 Å². The number of anilines is 1. The molecule has 0 amide bonds. The van der Waals surface area contributed by atoms with Crippen LogP contribution in [0.4, 0.5) is 5.82 Å². The van der Waals surface area contributed by atoms with E-state index in [-0.39, 0.29) is 18.2 Å². The highest BCUT2D eigenvalue weighted by Gasteiger charge is 2.34. The van der Waals surface area contributed by atoms with E-state index in [4.69, 9.17) is 4.74 Å². The minimum absolute atomic E-state index is 0.108. The quantitative estimate of drug-likeness (QED) is 0.868. The molecule has 20 heavy (non-hydrogen) atoms. The summed E-state index contributed by atoms with van der Waals surface area (Å²) in [5.41, 5.74) is -0.254. The van der Waals surface area contributed by atoms with E-state index in [0.29, 0.717) is 0 Å². The first-order valence-corrected chi connectivity index (χ1v) is 7.55. The van der Waals surface area contributed by atoms with Gasteiger partial charge in [-0.3, -0.25) is 0 Å². The Bertz CT molecular complexity index is 426. The summed E-state index contributed by atoms with van der Waals surface area (Å²) in [5, 5.41) is 13.3. The van der Waals surface area contributed by atoms with Gasteiger partial charge < -0.3 is 15.2 Å². The van der Waals surface area contributed by atoms with Crippen LogP contribution in [0.3, 0.4) is 0 Å². The lowest BCUT2D eigenvalue weighted by molar-refractivity contribution is 0.154. The summed E-state index contributed by atoms with van der Waals surface area (Å²) in [6, 6.07) is 3.79. The van der Waals surface area contributed by atoms with Crippen molar-refractivity contribution in [2.75, 3.05) is 11.9 Å². The summed E-state index contributed by atoms with van der Waals surface area (Å²) < 4.78 is 5.79. The van der Waals surface area contributed by atoms with E-state index in [0.717, 1.165) is 43.2 Å². The molecule has 2 rings (SSSR count). The van der Waals surface area contributed by atoms with Crippen molar-refractivity contribution in [1.82, 2.24) is 4.98 Å². The van der Waals surface area contributed by atoms with Crippen molar-refractivity contribution in [2.24, 2.45) is 5.92 Å². The van der Waals surface area contributed by atoms with E-state index in [2.05, 4.69) is 17.2 Å². The van der Waals surface area contributed by atoms with Gasteiger partial charge in [0.25, 0.3) is 0 Å². The first-order valence-electron chi connectivity index (χ1n) is 7.55. The molecular formula is C16H26N2O2. The van der Waals surface area contributed by atoms with Crippen LogP contribution in [0.15, 0.2) is 18.3 Å². The molecule has 1 aromatic heterocycles. The molecule has 1 aliphatic carbocycles. The van der Waals surface area contributed by atoms with Gasteiger partial charge >= 0.3 is 0 Å². The van der Waals surface area contributed by atoms with Crippen LogP contribution in [-0.2, 0) is 0 Å². The molecule has 1 aliphatic rings. The Kier molecular flexibility index (Phi) is 4.86. The first kappa shape index (κ1) is 15.1. The maximum absolute atomic E-state index is 9.83. The van der Waals surface area contributed by atoms with E-state index in [1.165, 1.54) is 0 Å². The average molecular weight is 278 g/mol. The highest BCUT2D eigenvalue weighted by Crippen LogP contribution is 2.36. The number of rotatable bonds is 5. The first-order chi connectivity index (χ1) is 9.54. The van der Waals surface area contributed by atoms with Crippen LogP contribution in [-0.4, -0.2) is 28.3 Å². The molecule has 1 aromatic rings. The molecular weight excluding hydrogens is 252 g/mol. The maximum atomic E-state index is 9.83. The molecule has 0 saturated heterocycles. The van der Waals surface area contributed by atoms with Crippen LogP contribution >= 0.6 is 0 Å². The largest absolute Gasteiger partial charge is 0.487 e. The van der Waals surface area contributed by atoms with Gasteiger partial charge in [-0.15, -0.1) is 0 Å². The highest BCUT2D eigenvalue weighted by molar-refractivity contribution is 5.51. The molecule has 0 unspecified atom stereocenters. The van der Waals surface area contributed by atoms with Crippen molar-refractivity contribution in [2.45, 2.75) is 58.1 Å². The molecule has 0 bridgehead atoms. The third kappa shape index (κ3) is 3.63. The number of hydrogen-bond acceptors (Lipinski definition) is 4. The van der Waals surface area contributed by atoms with Gasteiger partial charge in [-0.2, -0.15) is 0 Å². The lowest BCUT2D eigenvalue weighted by Crippen LogP contribution is -2.45. The fourth-order valence-corrected chi connectivity index (χ4v) is 2.72. The fourth-order valence-electron chi connectivity index (χ4n) is 2.72. The van der Waals surface area contributed by atoms with Gasteiger partial charge in [0, 0.05) is 6.20 Å². The summed E-state index contributed by atoms with van der Waals surface area (Å²) in [5.74, 6) is 2.24. The van der Waals surface area contributed by atoms with Crippen molar-refractivity contribution >= 4 is 5.82 Å². The molecule has 4 nitrogen and oxygen atoms in total. The standard InChI is InChI=1S/C16H26N2O2/c1-12(2)20-14-5-4-10-17-15(14)18-16(11-19)8-6-13(3)7-9-16/h4-5,10,12-13,19H,6-9,11H2,1-3H3,(H,17,18). The number of hydrogen-bond donors (Lipinski definition) is 2. The molecule has 0 radical (unpaired) electrons. The van der Waals surface area contributed by atoms with Crippen molar-refractivity contribution in [1.29, 1.82) is 0 Å². The Morgan fingerprint density at radius 3 is 2.75 bits per heavy atom. The molecule has 1 fully saturated rings. The third-order valence-corrected chi connectivity index (χ3v) is 4.05. The van der Waals surface area contributed by atoms with Crippen LogP contribution in [0.1, 0.15) is 46.5 Å². The Labute approximate surface area is 121 Å². The van der Waals surface area contributed by atoms with E-state index in [1.807, 2.05) is 26.0 Å². The minimum atomic E-state index is -0.254. The predicted octanol–water partition coefficient (Wildman–Crippen LogP) is 3.22. The Hall–Kier alpha value is -1.29. The molecule has 2 N–H and O–H groups in total. The number of nitrogens with one attached hydrogen (secondary N) is 1. The van der Waals surface area contributed by atoms with E-state index >= 15 is 0 Å². The third-order valence-electron chi connectivity index (χ3n) is 4.05. The van der Waals surface area contributed by atoms with Crippen molar-refractivity contribution in [3.8, 4) is 5.75 Å². The zero-order chi connectivity index (χ0) is 14.6. The van der Waals surface area contributed by atoms with Crippen LogP contribution in [0.2, 0.25) is 0 Å². The van der Waals surface area contributed by atoms with Gasteiger partial charge in [0.15, 0.2) is 11.6 Å². The summed E-state index contributed by atoms with van der Waals surface area (Å²) >= 11 is 0. The molecule has 0 aliphatic heterocycles. The summed E-state index contributed by atoms with van der Waals surface area (Å²) in [4.78, 5) is 4.39. The van der Waals surface area contributed by atoms with Gasteiger partial charge in [0.2, 0.25) is 0 Å². The number of pyridine rings is 1. The molecule has 0 aromatic carbocycles. The molecule has 0 spiro atoms. The van der Waals surface area contributed by atoms with Gasteiger partial charge in [-0.1, -0.05) is 6.92 Å². The second-order valence-electron chi connectivity index (χ2n) is 6.26. The number of nitrogens with zero attached hydrogens (tertiary/aromatic N) is 1. The normalized spacial score (nSPS) is 26.6. The van der Waals surface area contributed by atoms with Crippen LogP contribution in [0.5, 0.6) is 5.75 Å². The molecule has 0 atom stereocenters. The fraction of sp³-hybridized carbons (Fsp3) is 0.688. The average Bonchev–Trinajstić information content (AvgIpc) is 2.43. The molecule has 4 heteroatoms. The number of aromatic nitrogens is 1. The van der Waals surface area contributed by atoms with E-state index in [9.17, 15) is 5.11 Å². The van der Waals surface area contributed by atoms with Gasteiger partial charge in [-0.05, 0) is 57.6 Å². The minimum Gasteiger partial charge on any atom is -0.487 e. The highest BCUT2D eigenvalue weighted by atomic mass is 16.5. The molecule has 1 saturated carbocycles. The van der Waals surface area contributed by atoms with E-state index in [1.54, 1.807) is 6.20 Å². The van der Waals surface area contributed by atoms with Gasteiger partial charge in [0.05, 0.1) is 18.2 Å². The van der Waals surface area contributed by atoms with Crippen LogP contribution < -0.4 is 10.1 Å². The zero-order valence-corrected chi connectivity index (χ0v) is 12.7. The van der Waals surface area contributed by atoms with Crippen LogP contribution in [0, 0.1) is 5.92 Å². The summed E-state index contributed by atoms with van der Waals surface area (Å²) in [6.45, 7) is 6.41. The second-order valence-corrected chi connectivity index (χ2v) is 6.26.